The fourth-order valence-electron chi connectivity index (χ4n) is 4.83. The number of carbonyl (C=O) groups excluding carboxylic acids is 1. The van der Waals surface area contributed by atoms with E-state index >= 15 is 0 Å². The Balaban J connectivity index is 1.77. The number of amides is 1. The van der Waals surface area contributed by atoms with E-state index in [1.165, 1.54) is 25.7 Å². The van der Waals surface area contributed by atoms with Crippen LogP contribution in [0.3, 0.4) is 0 Å². The third-order valence-electron chi connectivity index (χ3n) is 5.83. The maximum atomic E-state index is 12.5. The number of nitrogens with zero attached hydrogens (tertiary/aromatic N) is 1. The molecule has 1 heterocycles. The van der Waals surface area contributed by atoms with Gasteiger partial charge in [-0.3, -0.25) is 10.1 Å². The molecular formula is C16H28N2O. The molecular weight excluding hydrogens is 236 g/mol. The van der Waals surface area contributed by atoms with Crippen LogP contribution in [0.5, 0.6) is 0 Å². The summed E-state index contributed by atoms with van der Waals surface area (Å²) in [6, 6.07) is 0.404. The summed E-state index contributed by atoms with van der Waals surface area (Å²) >= 11 is 0. The van der Waals surface area contributed by atoms with Gasteiger partial charge in [-0.2, -0.15) is 0 Å². The van der Waals surface area contributed by atoms with Crippen LogP contribution in [0.2, 0.25) is 0 Å². The van der Waals surface area contributed by atoms with Gasteiger partial charge in [-0.05, 0) is 56.8 Å². The number of carbonyl (C=O) groups is 1. The molecule has 19 heavy (non-hydrogen) atoms. The van der Waals surface area contributed by atoms with E-state index in [9.17, 15) is 4.79 Å². The molecule has 1 saturated heterocycles. The highest BCUT2D eigenvalue weighted by Gasteiger charge is 2.48. The van der Waals surface area contributed by atoms with Crippen molar-refractivity contribution in [3.8, 4) is 0 Å². The molecule has 3 nitrogen and oxygen atoms in total. The monoisotopic (exact) mass is 264 g/mol. The van der Waals surface area contributed by atoms with Crippen LogP contribution in [0.4, 0.5) is 0 Å². The second-order valence-corrected chi connectivity index (χ2v) is 7.40. The van der Waals surface area contributed by atoms with E-state index in [1.807, 2.05) is 6.92 Å². The van der Waals surface area contributed by atoms with E-state index in [2.05, 4.69) is 31.0 Å². The zero-order valence-corrected chi connectivity index (χ0v) is 12.7. The topological polar surface area (TPSA) is 32.3 Å². The predicted octanol–water partition coefficient (Wildman–Crippen LogP) is 2.61. The van der Waals surface area contributed by atoms with Crippen molar-refractivity contribution in [2.24, 2.45) is 23.7 Å². The SMILES string of the molecule is CC1NC(C(C)C)N(C(C)C2CC3CCC2C3)C1=O. The second kappa shape index (κ2) is 4.76. The third kappa shape index (κ3) is 2.10. The van der Waals surface area contributed by atoms with Gasteiger partial charge >= 0.3 is 0 Å². The Hall–Kier alpha value is -0.570. The van der Waals surface area contributed by atoms with E-state index in [4.69, 9.17) is 0 Å². The summed E-state index contributed by atoms with van der Waals surface area (Å²) in [6.45, 7) is 8.72. The van der Waals surface area contributed by atoms with E-state index in [0.29, 0.717) is 17.9 Å². The zero-order valence-electron chi connectivity index (χ0n) is 12.7. The molecule has 108 valence electrons. The highest BCUT2D eigenvalue weighted by atomic mass is 16.2. The van der Waals surface area contributed by atoms with Crippen LogP contribution in [0.15, 0.2) is 0 Å². The Morgan fingerprint density at radius 2 is 1.95 bits per heavy atom. The fraction of sp³-hybridized carbons (Fsp3) is 0.938. The lowest BCUT2D eigenvalue weighted by atomic mass is 9.83. The maximum Gasteiger partial charge on any atom is 0.240 e. The average Bonchev–Trinajstić information content (AvgIpc) is 3.04. The first-order valence-electron chi connectivity index (χ1n) is 8.07. The van der Waals surface area contributed by atoms with Crippen molar-refractivity contribution < 1.29 is 4.79 Å². The van der Waals surface area contributed by atoms with Gasteiger partial charge in [-0.25, -0.2) is 0 Å². The van der Waals surface area contributed by atoms with Crippen LogP contribution in [0.1, 0.15) is 53.4 Å². The molecule has 6 unspecified atom stereocenters. The van der Waals surface area contributed by atoms with Gasteiger partial charge < -0.3 is 4.90 Å². The average molecular weight is 264 g/mol. The number of nitrogens with one attached hydrogen (secondary N) is 1. The van der Waals surface area contributed by atoms with Crippen molar-refractivity contribution in [2.45, 2.75) is 71.6 Å². The van der Waals surface area contributed by atoms with E-state index < -0.39 is 0 Å². The van der Waals surface area contributed by atoms with Crippen LogP contribution in [-0.2, 0) is 4.79 Å². The van der Waals surface area contributed by atoms with Crippen molar-refractivity contribution in [1.29, 1.82) is 0 Å². The summed E-state index contributed by atoms with van der Waals surface area (Å²) in [5.74, 6) is 3.38. The molecule has 3 rings (SSSR count). The van der Waals surface area contributed by atoms with Gasteiger partial charge in [0.1, 0.15) is 0 Å². The minimum atomic E-state index is -0.00607. The molecule has 1 N–H and O–H groups in total. The Morgan fingerprint density at radius 1 is 1.21 bits per heavy atom. The lowest BCUT2D eigenvalue weighted by molar-refractivity contribution is -0.133. The van der Waals surface area contributed by atoms with Gasteiger partial charge in [0.2, 0.25) is 5.91 Å². The number of fused-ring (bicyclic) bond motifs is 2. The molecule has 1 amide bonds. The molecule has 2 aliphatic carbocycles. The van der Waals surface area contributed by atoms with Crippen LogP contribution in [0, 0.1) is 23.7 Å². The highest BCUT2D eigenvalue weighted by Crippen LogP contribution is 2.50. The number of hydrogen-bond acceptors (Lipinski definition) is 2. The van der Waals surface area contributed by atoms with E-state index in [0.717, 1.165) is 17.8 Å². The summed E-state index contributed by atoms with van der Waals surface area (Å²) in [5, 5.41) is 3.48. The molecule has 0 aromatic carbocycles. The summed E-state index contributed by atoms with van der Waals surface area (Å²) in [7, 11) is 0. The van der Waals surface area contributed by atoms with Crippen LogP contribution < -0.4 is 5.32 Å². The summed E-state index contributed by atoms with van der Waals surface area (Å²) in [4.78, 5) is 14.7. The van der Waals surface area contributed by atoms with Crippen molar-refractivity contribution >= 4 is 5.91 Å². The third-order valence-corrected chi connectivity index (χ3v) is 5.83. The van der Waals surface area contributed by atoms with Crippen LogP contribution in [0.25, 0.3) is 0 Å². The van der Waals surface area contributed by atoms with Gasteiger partial charge in [0, 0.05) is 6.04 Å². The second-order valence-electron chi connectivity index (χ2n) is 7.40. The van der Waals surface area contributed by atoms with Crippen LogP contribution >= 0.6 is 0 Å². The van der Waals surface area contributed by atoms with E-state index in [-0.39, 0.29) is 12.2 Å². The number of hydrogen-bond donors (Lipinski definition) is 1. The molecule has 2 saturated carbocycles. The normalized spacial score (nSPS) is 43.5. The van der Waals surface area contributed by atoms with Gasteiger partial charge in [-0.15, -0.1) is 0 Å². The Kier molecular flexibility index (Phi) is 3.36. The highest BCUT2D eigenvalue weighted by molar-refractivity contribution is 5.84. The van der Waals surface area contributed by atoms with Crippen molar-refractivity contribution in [3.05, 3.63) is 0 Å². The molecule has 3 aliphatic rings. The summed E-state index contributed by atoms with van der Waals surface area (Å²) < 4.78 is 0. The summed E-state index contributed by atoms with van der Waals surface area (Å²) in [5.41, 5.74) is 0. The standard InChI is InChI=1S/C16H28N2O/c1-9(2)15-17-10(3)16(19)18(15)11(4)14-8-12-5-6-13(14)7-12/h9-15,17H,5-8H2,1-4H3. The molecule has 1 aliphatic heterocycles. The number of rotatable bonds is 3. The van der Waals surface area contributed by atoms with Crippen molar-refractivity contribution in [3.63, 3.8) is 0 Å². The van der Waals surface area contributed by atoms with Gasteiger partial charge in [-0.1, -0.05) is 20.3 Å². The first-order chi connectivity index (χ1) is 8.99. The quantitative estimate of drug-likeness (QED) is 0.850. The minimum absolute atomic E-state index is 0.00607. The van der Waals surface area contributed by atoms with E-state index in [1.54, 1.807) is 0 Å². The zero-order chi connectivity index (χ0) is 13.7. The maximum absolute atomic E-state index is 12.5. The lowest BCUT2D eigenvalue weighted by Crippen LogP contribution is -2.49. The Labute approximate surface area is 117 Å². The fourth-order valence-corrected chi connectivity index (χ4v) is 4.83. The van der Waals surface area contributed by atoms with Crippen molar-refractivity contribution in [1.82, 2.24) is 10.2 Å². The van der Waals surface area contributed by atoms with Gasteiger partial charge in [0.05, 0.1) is 12.2 Å². The van der Waals surface area contributed by atoms with Gasteiger partial charge in [0.25, 0.3) is 0 Å². The molecule has 0 aromatic rings. The van der Waals surface area contributed by atoms with Gasteiger partial charge in [0.15, 0.2) is 0 Å². The molecule has 0 radical (unpaired) electrons. The molecule has 0 spiro atoms. The molecule has 3 heteroatoms. The minimum Gasteiger partial charge on any atom is -0.323 e. The van der Waals surface area contributed by atoms with Crippen molar-refractivity contribution in [2.75, 3.05) is 0 Å². The first kappa shape index (κ1) is 13.4. The predicted molar refractivity (Wildman–Crippen MR) is 76.5 cm³/mol. The molecule has 3 fully saturated rings. The largest absolute Gasteiger partial charge is 0.323 e. The van der Waals surface area contributed by atoms with Crippen LogP contribution in [-0.4, -0.2) is 29.1 Å². The Morgan fingerprint density at radius 3 is 2.47 bits per heavy atom. The summed E-state index contributed by atoms with van der Waals surface area (Å²) in [6.07, 6.45) is 5.85. The smallest absolute Gasteiger partial charge is 0.240 e. The Bertz CT molecular complexity index is 368. The first-order valence-corrected chi connectivity index (χ1v) is 8.07. The lowest BCUT2D eigenvalue weighted by Gasteiger charge is -2.39. The molecule has 6 atom stereocenters. The molecule has 2 bridgehead atoms. The molecule has 0 aromatic heterocycles.